The van der Waals surface area contributed by atoms with Gasteiger partial charge in [-0.2, -0.15) is 0 Å². The van der Waals surface area contributed by atoms with Crippen LogP contribution in [0.3, 0.4) is 0 Å². The number of Topliss-reactive ketones (excluding diaryl/α,β-unsaturated/α-hetero) is 1. The number of hydrogen-bond acceptors (Lipinski definition) is 4. The van der Waals surface area contributed by atoms with Crippen LogP contribution < -0.4 is 5.32 Å². The molecule has 0 spiro atoms. The molecular formula is C12H15ClN2O2S. The van der Waals surface area contributed by atoms with Gasteiger partial charge in [0.1, 0.15) is 5.38 Å². The molecular weight excluding hydrogens is 272 g/mol. The van der Waals surface area contributed by atoms with Crippen LogP contribution in [0, 0.1) is 5.41 Å². The summed E-state index contributed by atoms with van der Waals surface area (Å²) < 4.78 is 0. The van der Waals surface area contributed by atoms with Crippen molar-refractivity contribution >= 4 is 39.8 Å². The van der Waals surface area contributed by atoms with Crippen molar-refractivity contribution in [3.05, 3.63) is 10.6 Å². The van der Waals surface area contributed by atoms with E-state index in [0.717, 1.165) is 12.1 Å². The lowest BCUT2D eigenvalue weighted by Crippen LogP contribution is -2.26. The second kappa shape index (κ2) is 4.63. The number of nitrogens with one attached hydrogen (secondary N) is 1. The molecule has 0 fully saturated rings. The first-order chi connectivity index (χ1) is 8.28. The van der Waals surface area contributed by atoms with E-state index in [1.165, 1.54) is 11.3 Å². The minimum Gasteiger partial charge on any atom is -0.301 e. The Morgan fingerprint density at radius 1 is 1.50 bits per heavy atom. The van der Waals surface area contributed by atoms with Crippen molar-refractivity contribution in [2.75, 3.05) is 5.32 Å². The monoisotopic (exact) mass is 286 g/mol. The number of anilines is 1. The first kappa shape index (κ1) is 13.5. The number of halogens is 1. The van der Waals surface area contributed by atoms with Crippen molar-refractivity contribution in [3.8, 4) is 0 Å². The van der Waals surface area contributed by atoms with Crippen molar-refractivity contribution in [1.82, 2.24) is 4.98 Å². The molecule has 4 nitrogen and oxygen atoms in total. The average Bonchev–Trinajstić information content (AvgIpc) is 2.58. The smallest absolute Gasteiger partial charge is 0.243 e. The minimum absolute atomic E-state index is 0.0563. The van der Waals surface area contributed by atoms with Gasteiger partial charge in [-0.25, -0.2) is 4.98 Å². The molecule has 1 atom stereocenters. The lowest BCUT2D eigenvalue weighted by molar-refractivity contribution is -0.115. The molecule has 0 saturated carbocycles. The number of carbonyl (C=O) groups excluding carboxylic acids is 2. The highest BCUT2D eigenvalue weighted by Crippen LogP contribution is 2.38. The first-order valence-corrected chi connectivity index (χ1v) is 7.02. The molecule has 98 valence electrons. The highest BCUT2D eigenvalue weighted by Gasteiger charge is 2.34. The number of hydrogen-bond donors (Lipinski definition) is 1. The van der Waals surface area contributed by atoms with Gasteiger partial charge in [0, 0.05) is 6.42 Å². The highest BCUT2D eigenvalue weighted by atomic mass is 35.5. The number of nitrogens with zero attached hydrogens (tertiary/aromatic N) is 1. The van der Waals surface area contributed by atoms with Crippen molar-refractivity contribution in [2.24, 2.45) is 5.41 Å². The van der Waals surface area contributed by atoms with Crippen LogP contribution in [0.4, 0.5) is 5.13 Å². The largest absolute Gasteiger partial charge is 0.301 e. The zero-order valence-electron chi connectivity index (χ0n) is 10.5. The van der Waals surface area contributed by atoms with Gasteiger partial charge in [0.2, 0.25) is 5.91 Å². The lowest BCUT2D eigenvalue weighted by Gasteiger charge is -2.26. The minimum atomic E-state index is -0.613. The summed E-state index contributed by atoms with van der Waals surface area (Å²) in [6.45, 7) is 5.69. The van der Waals surface area contributed by atoms with E-state index in [2.05, 4.69) is 10.3 Å². The van der Waals surface area contributed by atoms with Crippen LogP contribution in [-0.4, -0.2) is 22.1 Å². The second-order valence-electron chi connectivity index (χ2n) is 5.34. The molecule has 6 heteroatoms. The second-order valence-corrected chi connectivity index (χ2v) is 6.99. The third-order valence-electron chi connectivity index (χ3n) is 2.83. The summed E-state index contributed by atoms with van der Waals surface area (Å²) in [7, 11) is 0. The zero-order valence-corrected chi connectivity index (χ0v) is 12.1. The van der Waals surface area contributed by atoms with E-state index in [1.807, 2.05) is 13.8 Å². The van der Waals surface area contributed by atoms with Crippen molar-refractivity contribution in [2.45, 2.75) is 39.0 Å². The van der Waals surface area contributed by atoms with E-state index in [9.17, 15) is 9.59 Å². The van der Waals surface area contributed by atoms with Gasteiger partial charge in [-0.15, -0.1) is 11.6 Å². The molecule has 1 N–H and O–H groups in total. The van der Waals surface area contributed by atoms with Crippen LogP contribution in [0.5, 0.6) is 0 Å². The Bertz CT molecular complexity index is 508. The van der Waals surface area contributed by atoms with Gasteiger partial charge in [-0.1, -0.05) is 25.2 Å². The van der Waals surface area contributed by atoms with Gasteiger partial charge in [0.05, 0.1) is 10.6 Å². The maximum atomic E-state index is 12.0. The summed E-state index contributed by atoms with van der Waals surface area (Å²) in [6, 6.07) is 0. The van der Waals surface area contributed by atoms with Crippen LogP contribution in [0.1, 0.15) is 42.6 Å². The number of alkyl halides is 1. The van der Waals surface area contributed by atoms with Crippen LogP contribution in [-0.2, 0) is 11.2 Å². The van der Waals surface area contributed by atoms with E-state index in [-0.39, 0.29) is 17.1 Å². The number of aromatic nitrogens is 1. The molecule has 0 saturated heterocycles. The molecule has 0 bridgehead atoms. The summed E-state index contributed by atoms with van der Waals surface area (Å²) in [4.78, 5) is 28.4. The molecule has 1 amide bonds. The van der Waals surface area contributed by atoms with E-state index >= 15 is 0 Å². The molecule has 1 unspecified atom stereocenters. The molecule has 0 aliphatic heterocycles. The predicted molar refractivity (Wildman–Crippen MR) is 72.5 cm³/mol. The molecule has 1 aromatic heterocycles. The molecule has 1 heterocycles. The fraction of sp³-hybridized carbons (Fsp3) is 0.583. The van der Waals surface area contributed by atoms with Crippen molar-refractivity contribution < 1.29 is 9.59 Å². The van der Waals surface area contributed by atoms with Gasteiger partial charge in [0.15, 0.2) is 10.9 Å². The quantitative estimate of drug-likeness (QED) is 0.851. The van der Waals surface area contributed by atoms with E-state index in [0.29, 0.717) is 16.4 Å². The Morgan fingerprint density at radius 2 is 2.17 bits per heavy atom. The Labute approximate surface area is 115 Å². The van der Waals surface area contributed by atoms with Gasteiger partial charge >= 0.3 is 0 Å². The molecule has 0 aromatic carbocycles. The van der Waals surface area contributed by atoms with Gasteiger partial charge in [0.25, 0.3) is 0 Å². The van der Waals surface area contributed by atoms with Gasteiger partial charge in [-0.3, -0.25) is 9.59 Å². The SMILES string of the molecule is CC(Cl)C(=O)Nc1nc2c(s1)C(=O)CC(C)(C)C2. The number of rotatable bonds is 2. The van der Waals surface area contributed by atoms with E-state index in [1.54, 1.807) is 6.92 Å². The normalized spacial score (nSPS) is 19.2. The number of thiazole rings is 1. The summed E-state index contributed by atoms with van der Waals surface area (Å²) in [5.41, 5.74) is 0.734. The zero-order chi connectivity index (χ0) is 13.5. The highest BCUT2D eigenvalue weighted by molar-refractivity contribution is 7.17. The maximum Gasteiger partial charge on any atom is 0.243 e. The Kier molecular flexibility index (Phi) is 3.47. The van der Waals surface area contributed by atoms with Gasteiger partial charge < -0.3 is 5.32 Å². The summed E-state index contributed by atoms with van der Waals surface area (Å²) >= 11 is 6.92. The number of carbonyl (C=O) groups is 2. The number of ketones is 1. The van der Waals surface area contributed by atoms with Gasteiger partial charge in [-0.05, 0) is 18.8 Å². The third kappa shape index (κ3) is 2.72. The average molecular weight is 287 g/mol. The van der Waals surface area contributed by atoms with Crippen LogP contribution in [0.25, 0.3) is 0 Å². The molecule has 1 aromatic rings. The third-order valence-corrected chi connectivity index (χ3v) is 4.08. The number of fused-ring (bicyclic) bond motifs is 1. The summed E-state index contributed by atoms with van der Waals surface area (Å²) in [6.07, 6.45) is 1.29. The van der Waals surface area contributed by atoms with Crippen LogP contribution in [0.2, 0.25) is 0 Å². The predicted octanol–water partition coefficient (Wildman–Crippen LogP) is 2.86. The fourth-order valence-electron chi connectivity index (χ4n) is 1.98. The first-order valence-electron chi connectivity index (χ1n) is 5.76. The molecule has 0 radical (unpaired) electrons. The van der Waals surface area contributed by atoms with E-state index in [4.69, 9.17) is 11.6 Å². The standard InChI is InChI=1S/C12H15ClN2O2S/c1-6(13)10(17)15-11-14-7-4-12(2,3)5-8(16)9(7)18-11/h6H,4-5H2,1-3H3,(H,14,15,17). The Hall–Kier alpha value is -0.940. The lowest BCUT2D eigenvalue weighted by atomic mass is 9.78. The Balaban J connectivity index is 2.24. The van der Waals surface area contributed by atoms with Crippen molar-refractivity contribution in [3.63, 3.8) is 0 Å². The Morgan fingerprint density at radius 3 is 2.78 bits per heavy atom. The van der Waals surface area contributed by atoms with Crippen LogP contribution >= 0.6 is 22.9 Å². The van der Waals surface area contributed by atoms with E-state index < -0.39 is 5.38 Å². The topological polar surface area (TPSA) is 59.1 Å². The summed E-state index contributed by atoms with van der Waals surface area (Å²) in [5, 5.41) is 2.48. The maximum absolute atomic E-state index is 12.0. The summed E-state index contributed by atoms with van der Waals surface area (Å²) in [5.74, 6) is -0.187. The fourth-order valence-corrected chi connectivity index (χ4v) is 2.96. The molecule has 1 aliphatic carbocycles. The molecule has 18 heavy (non-hydrogen) atoms. The number of amides is 1. The molecule has 2 rings (SSSR count). The van der Waals surface area contributed by atoms with Crippen molar-refractivity contribution in [1.29, 1.82) is 0 Å². The van der Waals surface area contributed by atoms with Crippen LogP contribution in [0.15, 0.2) is 0 Å². The molecule has 1 aliphatic rings.